The third-order valence-corrected chi connectivity index (χ3v) is 5.44. The van der Waals surface area contributed by atoms with Crippen LogP contribution in [0.5, 0.6) is 0 Å². The van der Waals surface area contributed by atoms with Crippen molar-refractivity contribution in [3.05, 3.63) is 59.8 Å². The van der Waals surface area contributed by atoms with Gasteiger partial charge >= 0.3 is 12.1 Å². The monoisotopic (exact) mass is 451 g/mol. The van der Waals surface area contributed by atoms with Gasteiger partial charge in [-0.1, -0.05) is 23.8 Å². The maximum Gasteiger partial charge on any atom is 0.490 e. The lowest BCUT2D eigenvalue weighted by Crippen LogP contribution is -2.32. The van der Waals surface area contributed by atoms with Gasteiger partial charge in [0.15, 0.2) is 0 Å². The molecule has 3 atom stereocenters. The number of benzene rings is 1. The zero-order valence-electron chi connectivity index (χ0n) is 17.4. The van der Waals surface area contributed by atoms with Crippen LogP contribution in [0.15, 0.2) is 48.7 Å². The maximum atomic E-state index is 12.8. The number of amides is 1. The quantitative estimate of drug-likeness (QED) is 0.742. The first-order valence-electron chi connectivity index (χ1n) is 10.1. The number of carboxylic acids is 1. The molecule has 3 heterocycles. The van der Waals surface area contributed by atoms with Gasteiger partial charge in [0.1, 0.15) is 5.82 Å². The topological polar surface area (TPSA) is 91.8 Å². The first kappa shape index (κ1) is 23.5. The minimum absolute atomic E-state index is 0.109. The van der Waals surface area contributed by atoms with Gasteiger partial charge in [-0.05, 0) is 31.2 Å². The highest BCUT2D eigenvalue weighted by molar-refractivity contribution is 5.94. The van der Waals surface area contributed by atoms with Crippen molar-refractivity contribution < 1.29 is 32.6 Å². The Bertz CT molecular complexity index is 940. The van der Waals surface area contributed by atoms with Gasteiger partial charge in [0.2, 0.25) is 0 Å². The predicted octanol–water partition coefficient (Wildman–Crippen LogP) is 3.22. The van der Waals surface area contributed by atoms with Gasteiger partial charge in [-0.25, -0.2) is 9.78 Å². The molecule has 1 amide bonds. The molecule has 2 saturated heterocycles. The van der Waals surface area contributed by atoms with Gasteiger partial charge in [-0.2, -0.15) is 13.2 Å². The van der Waals surface area contributed by atoms with Crippen LogP contribution in [0.2, 0.25) is 0 Å². The lowest BCUT2D eigenvalue weighted by molar-refractivity contribution is -0.192. The second kappa shape index (κ2) is 9.99. The average Bonchev–Trinajstić information content (AvgIpc) is 3.33. The van der Waals surface area contributed by atoms with Gasteiger partial charge < -0.3 is 20.1 Å². The Morgan fingerprint density at radius 3 is 2.59 bits per heavy atom. The second-order valence-corrected chi connectivity index (χ2v) is 7.77. The number of ether oxygens (including phenoxy) is 1. The van der Waals surface area contributed by atoms with Crippen LogP contribution in [-0.2, 0) is 9.53 Å². The summed E-state index contributed by atoms with van der Waals surface area (Å²) < 4.78 is 37.7. The van der Waals surface area contributed by atoms with E-state index in [2.05, 4.69) is 10.3 Å². The number of fused-ring (bicyclic) bond motifs is 1. The van der Waals surface area contributed by atoms with Crippen molar-refractivity contribution in [1.29, 1.82) is 0 Å². The number of alkyl halides is 3. The number of likely N-dealkylation sites (tertiary alicyclic amines) is 1. The number of carbonyl (C=O) groups is 2. The largest absolute Gasteiger partial charge is 0.490 e. The van der Waals surface area contributed by atoms with E-state index in [-0.39, 0.29) is 12.0 Å². The molecule has 172 valence electrons. The molecule has 2 aliphatic rings. The Morgan fingerprint density at radius 2 is 1.97 bits per heavy atom. The van der Waals surface area contributed by atoms with E-state index in [0.717, 1.165) is 36.6 Å². The van der Waals surface area contributed by atoms with E-state index in [9.17, 15) is 18.0 Å². The Kier molecular flexibility index (Phi) is 7.34. The molecule has 4 rings (SSSR count). The smallest absolute Gasteiger partial charge is 0.475 e. The number of aromatic nitrogens is 1. The molecule has 0 saturated carbocycles. The van der Waals surface area contributed by atoms with Crippen LogP contribution in [0.3, 0.4) is 0 Å². The van der Waals surface area contributed by atoms with Crippen molar-refractivity contribution in [3.63, 3.8) is 0 Å². The molecular formula is C22H24F3N3O4. The second-order valence-electron chi connectivity index (χ2n) is 7.77. The van der Waals surface area contributed by atoms with Crippen molar-refractivity contribution in [3.8, 4) is 0 Å². The summed E-state index contributed by atoms with van der Waals surface area (Å²) in [6, 6.07) is 13.7. The molecule has 0 aliphatic carbocycles. The molecule has 0 unspecified atom stereocenters. The molecule has 1 aromatic heterocycles. The molecule has 0 bridgehead atoms. The third kappa shape index (κ3) is 5.97. The lowest BCUT2D eigenvalue weighted by atomic mass is 9.93. The molecule has 2 aliphatic heterocycles. The summed E-state index contributed by atoms with van der Waals surface area (Å²) in [5, 5.41) is 10.5. The number of carboxylic acid groups (broad SMARTS) is 1. The summed E-state index contributed by atoms with van der Waals surface area (Å²) >= 11 is 0. The molecule has 0 spiro atoms. The molecule has 1 aromatic carbocycles. The molecule has 32 heavy (non-hydrogen) atoms. The number of rotatable bonds is 4. The van der Waals surface area contributed by atoms with E-state index in [1.165, 1.54) is 0 Å². The first-order chi connectivity index (χ1) is 15.1. The average molecular weight is 451 g/mol. The summed E-state index contributed by atoms with van der Waals surface area (Å²) in [7, 11) is 0. The van der Waals surface area contributed by atoms with Gasteiger partial charge in [-0.3, -0.25) is 4.79 Å². The zero-order chi connectivity index (χ0) is 23.3. The fourth-order valence-corrected chi connectivity index (χ4v) is 3.84. The van der Waals surface area contributed by atoms with E-state index in [0.29, 0.717) is 18.4 Å². The predicted molar refractivity (Wildman–Crippen MR) is 110 cm³/mol. The zero-order valence-corrected chi connectivity index (χ0v) is 17.4. The van der Waals surface area contributed by atoms with Crippen molar-refractivity contribution >= 4 is 17.7 Å². The number of hydrogen-bond donors (Lipinski definition) is 2. The Morgan fingerprint density at radius 1 is 1.22 bits per heavy atom. The summed E-state index contributed by atoms with van der Waals surface area (Å²) in [5.74, 6) is -0.963. The third-order valence-electron chi connectivity index (χ3n) is 5.44. The normalized spacial score (nSPS) is 22.0. The van der Waals surface area contributed by atoms with Gasteiger partial charge in [0.05, 0.1) is 12.7 Å². The number of pyridine rings is 1. The van der Waals surface area contributed by atoms with E-state index < -0.39 is 12.1 Å². The van der Waals surface area contributed by atoms with Crippen LogP contribution in [0.1, 0.15) is 15.9 Å². The van der Waals surface area contributed by atoms with Crippen molar-refractivity contribution in [1.82, 2.24) is 9.88 Å². The molecule has 7 nitrogen and oxygen atoms in total. The van der Waals surface area contributed by atoms with Gasteiger partial charge in [0.25, 0.3) is 5.91 Å². The number of hydrogen-bond acceptors (Lipinski definition) is 5. The Balaban J connectivity index is 0.000000360. The Hall–Kier alpha value is -3.14. The maximum absolute atomic E-state index is 12.8. The highest BCUT2D eigenvalue weighted by Gasteiger charge is 2.45. The summed E-state index contributed by atoms with van der Waals surface area (Å²) in [4.78, 5) is 27.9. The van der Waals surface area contributed by atoms with Crippen LogP contribution in [0.25, 0.3) is 0 Å². The fraction of sp³-hybridized carbons (Fsp3) is 0.409. The first-order valence-corrected chi connectivity index (χ1v) is 10.1. The molecule has 2 N–H and O–H groups in total. The van der Waals surface area contributed by atoms with Crippen LogP contribution in [-0.4, -0.2) is 65.4 Å². The van der Waals surface area contributed by atoms with Crippen LogP contribution in [0, 0.1) is 18.8 Å². The fourth-order valence-electron chi connectivity index (χ4n) is 3.84. The standard InChI is InChI=1S/C20H23N3O2.C2HF3O2/c1-14-5-4-6-15(9-14)20(24)23-11-17-16(13-25-18(17)12-23)10-22-19-7-2-3-8-21-19;3-2(4,5)1(6)7/h2-9,16-18H,10-13H2,1H3,(H,21,22);(H,6,7)/t16-,17-,18-;/m1./s1. The molecule has 10 heteroatoms. The molecular weight excluding hydrogens is 427 g/mol. The van der Waals surface area contributed by atoms with Crippen LogP contribution in [0.4, 0.5) is 19.0 Å². The van der Waals surface area contributed by atoms with Crippen LogP contribution >= 0.6 is 0 Å². The summed E-state index contributed by atoms with van der Waals surface area (Å²) in [6.45, 7) is 5.05. The van der Waals surface area contributed by atoms with E-state index in [1.807, 2.05) is 54.3 Å². The van der Waals surface area contributed by atoms with Crippen molar-refractivity contribution in [2.45, 2.75) is 19.2 Å². The number of nitrogens with zero attached hydrogens (tertiary/aromatic N) is 2. The summed E-state index contributed by atoms with van der Waals surface area (Å²) in [6.07, 6.45) is -3.14. The van der Waals surface area contributed by atoms with Crippen molar-refractivity contribution in [2.75, 3.05) is 31.6 Å². The number of carbonyl (C=O) groups excluding carboxylic acids is 1. The minimum atomic E-state index is -5.08. The number of aliphatic carboxylic acids is 1. The highest BCUT2D eigenvalue weighted by atomic mass is 19.4. The highest BCUT2D eigenvalue weighted by Crippen LogP contribution is 2.34. The van der Waals surface area contributed by atoms with E-state index >= 15 is 0 Å². The van der Waals surface area contributed by atoms with Crippen LogP contribution < -0.4 is 5.32 Å². The minimum Gasteiger partial charge on any atom is -0.475 e. The molecule has 2 aromatic rings. The lowest BCUT2D eigenvalue weighted by Gasteiger charge is -2.20. The SMILES string of the molecule is Cc1cccc(C(=O)N2C[C@@H]3[C@H](CNc4ccccn4)CO[C@@H]3C2)c1.O=C(O)C(F)(F)F. The Labute approximate surface area is 183 Å². The number of aryl methyl sites for hydroxylation is 1. The summed E-state index contributed by atoms with van der Waals surface area (Å²) in [5.41, 5.74) is 1.88. The van der Waals surface area contributed by atoms with E-state index in [1.54, 1.807) is 6.20 Å². The molecule has 0 radical (unpaired) electrons. The number of anilines is 1. The van der Waals surface area contributed by atoms with Gasteiger partial charge in [-0.15, -0.1) is 0 Å². The van der Waals surface area contributed by atoms with Gasteiger partial charge in [0, 0.05) is 43.2 Å². The number of nitrogens with one attached hydrogen (secondary N) is 1. The van der Waals surface area contributed by atoms with Crippen molar-refractivity contribution in [2.24, 2.45) is 11.8 Å². The molecule has 2 fully saturated rings. The number of halogens is 3. The van der Waals surface area contributed by atoms with E-state index in [4.69, 9.17) is 14.6 Å².